The maximum Gasteiger partial charge on any atom is 0.224 e. The molecule has 0 bridgehead atoms. The first-order valence-electron chi connectivity index (χ1n) is 7.08. The number of nitrogens with zero attached hydrogens (tertiary/aromatic N) is 1. The fourth-order valence-electron chi connectivity index (χ4n) is 2.48. The molecular formula is C16H20N2O2. The van der Waals surface area contributed by atoms with Crippen molar-refractivity contribution in [1.29, 1.82) is 5.26 Å². The monoisotopic (exact) mass is 272 g/mol. The summed E-state index contributed by atoms with van der Waals surface area (Å²) in [6.45, 7) is 0.104. The van der Waals surface area contributed by atoms with Gasteiger partial charge in [-0.15, -0.1) is 0 Å². The summed E-state index contributed by atoms with van der Waals surface area (Å²) < 4.78 is 0. The van der Waals surface area contributed by atoms with E-state index >= 15 is 0 Å². The van der Waals surface area contributed by atoms with Gasteiger partial charge in [-0.05, 0) is 36.3 Å². The molecule has 2 rings (SSSR count). The molecule has 4 nitrogen and oxygen atoms in total. The topological polar surface area (TPSA) is 73.1 Å². The summed E-state index contributed by atoms with van der Waals surface area (Å²) in [7, 11) is 0. The van der Waals surface area contributed by atoms with Crippen molar-refractivity contribution in [2.24, 2.45) is 5.92 Å². The fourth-order valence-corrected chi connectivity index (χ4v) is 2.48. The molecule has 1 aromatic carbocycles. The SMILES string of the molecule is N#CCc1ccccc1CC(=O)NC(CCO)C1CC1. The van der Waals surface area contributed by atoms with E-state index in [1.54, 1.807) is 0 Å². The van der Waals surface area contributed by atoms with Crippen molar-refractivity contribution >= 4 is 5.91 Å². The molecule has 1 amide bonds. The highest BCUT2D eigenvalue weighted by atomic mass is 16.3. The van der Waals surface area contributed by atoms with Crippen molar-refractivity contribution in [1.82, 2.24) is 5.32 Å². The number of nitriles is 1. The van der Waals surface area contributed by atoms with Crippen LogP contribution in [0.1, 0.15) is 30.4 Å². The molecule has 1 aromatic rings. The van der Waals surface area contributed by atoms with Crippen LogP contribution in [0.25, 0.3) is 0 Å². The van der Waals surface area contributed by atoms with Gasteiger partial charge in [0.2, 0.25) is 5.91 Å². The Labute approximate surface area is 119 Å². The van der Waals surface area contributed by atoms with Crippen molar-refractivity contribution in [3.05, 3.63) is 35.4 Å². The smallest absolute Gasteiger partial charge is 0.224 e. The van der Waals surface area contributed by atoms with Crippen LogP contribution >= 0.6 is 0 Å². The first-order valence-corrected chi connectivity index (χ1v) is 7.08. The van der Waals surface area contributed by atoms with Crippen LogP contribution in [0.2, 0.25) is 0 Å². The van der Waals surface area contributed by atoms with Crippen molar-refractivity contribution in [3.63, 3.8) is 0 Å². The molecule has 20 heavy (non-hydrogen) atoms. The van der Waals surface area contributed by atoms with E-state index in [4.69, 9.17) is 10.4 Å². The molecule has 0 saturated heterocycles. The number of amides is 1. The Morgan fingerprint density at radius 2 is 2.10 bits per heavy atom. The molecule has 1 aliphatic carbocycles. The molecule has 4 heteroatoms. The molecule has 1 saturated carbocycles. The van der Waals surface area contributed by atoms with Crippen LogP contribution in [0.5, 0.6) is 0 Å². The summed E-state index contributed by atoms with van der Waals surface area (Å²) >= 11 is 0. The van der Waals surface area contributed by atoms with Crippen molar-refractivity contribution < 1.29 is 9.90 Å². The number of rotatable bonds is 7. The van der Waals surface area contributed by atoms with Gasteiger partial charge in [0.25, 0.3) is 0 Å². The standard InChI is InChI=1S/C16H20N2O2/c17-9-7-12-3-1-2-4-14(12)11-16(20)18-15(8-10-19)13-5-6-13/h1-4,13,15,19H,5-8,10-11H2,(H,18,20). The molecule has 0 spiro atoms. The lowest BCUT2D eigenvalue weighted by molar-refractivity contribution is -0.121. The second kappa shape index (κ2) is 7.06. The Kier molecular flexibility index (Phi) is 5.14. The van der Waals surface area contributed by atoms with Crippen LogP contribution in [0, 0.1) is 17.2 Å². The van der Waals surface area contributed by atoms with Gasteiger partial charge in [0.15, 0.2) is 0 Å². The normalized spacial score (nSPS) is 15.4. The van der Waals surface area contributed by atoms with Crippen LogP contribution in [-0.4, -0.2) is 23.7 Å². The van der Waals surface area contributed by atoms with Crippen LogP contribution in [0.3, 0.4) is 0 Å². The minimum absolute atomic E-state index is 0.0271. The average molecular weight is 272 g/mol. The molecule has 106 valence electrons. The van der Waals surface area contributed by atoms with E-state index in [0.29, 0.717) is 25.2 Å². The Balaban J connectivity index is 1.95. The predicted octanol–water partition coefficient (Wildman–Crippen LogP) is 1.57. The van der Waals surface area contributed by atoms with E-state index in [1.807, 2.05) is 24.3 Å². The number of aliphatic hydroxyl groups is 1. The van der Waals surface area contributed by atoms with Gasteiger partial charge in [0.1, 0.15) is 0 Å². The highest BCUT2D eigenvalue weighted by Gasteiger charge is 2.31. The van der Waals surface area contributed by atoms with E-state index in [9.17, 15) is 4.79 Å². The lowest BCUT2D eigenvalue weighted by atomic mass is 10.0. The van der Waals surface area contributed by atoms with Crippen molar-refractivity contribution in [2.75, 3.05) is 6.61 Å². The summed E-state index contributed by atoms with van der Waals surface area (Å²) in [6.07, 6.45) is 3.51. The van der Waals surface area contributed by atoms with Gasteiger partial charge in [0.05, 0.1) is 18.9 Å². The third-order valence-corrected chi connectivity index (χ3v) is 3.72. The van der Waals surface area contributed by atoms with E-state index in [2.05, 4.69) is 11.4 Å². The first-order chi connectivity index (χ1) is 9.74. The lowest BCUT2D eigenvalue weighted by Crippen LogP contribution is -2.38. The molecule has 1 aliphatic rings. The molecule has 0 heterocycles. The van der Waals surface area contributed by atoms with Crippen LogP contribution < -0.4 is 5.32 Å². The van der Waals surface area contributed by atoms with Gasteiger partial charge < -0.3 is 10.4 Å². The summed E-state index contributed by atoms with van der Waals surface area (Å²) in [4.78, 5) is 12.1. The lowest BCUT2D eigenvalue weighted by Gasteiger charge is -2.17. The van der Waals surface area contributed by atoms with Crippen LogP contribution in [0.15, 0.2) is 24.3 Å². The average Bonchev–Trinajstić information content (AvgIpc) is 3.25. The Morgan fingerprint density at radius 3 is 2.70 bits per heavy atom. The minimum Gasteiger partial charge on any atom is -0.396 e. The Morgan fingerprint density at radius 1 is 1.40 bits per heavy atom. The van der Waals surface area contributed by atoms with Crippen LogP contribution in [-0.2, 0) is 17.6 Å². The van der Waals surface area contributed by atoms with E-state index in [-0.39, 0.29) is 18.6 Å². The third-order valence-electron chi connectivity index (χ3n) is 3.72. The number of aliphatic hydroxyl groups excluding tert-OH is 1. The minimum atomic E-state index is -0.0271. The van der Waals surface area contributed by atoms with E-state index in [1.165, 1.54) is 0 Å². The molecule has 1 unspecified atom stereocenters. The zero-order valence-electron chi connectivity index (χ0n) is 11.5. The number of nitrogens with one attached hydrogen (secondary N) is 1. The second-order valence-corrected chi connectivity index (χ2v) is 5.30. The quantitative estimate of drug-likeness (QED) is 0.791. The van der Waals surface area contributed by atoms with E-state index < -0.39 is 0 Å². The largest absolute Gasteiger partial charge is 0.396 e. The molecule has 0 radical (unpaired) electrons. The summed E-state index contributed by atoms with van der Waals surface area (Å²) in [5.74, 6) is 0.501. The maximum absolute atomic E-state index is 12.1. The number of carbonyl (C=O) groups is 1. The van der Waals surface area contributed by atoms with Gasteiger partial charge in [0, 0.05) is 12.6 Å². The predicted molar refractivity (Wildman–Crippen MR) is 75.8 cm³/mol. The molecule has 0 aromatic heterocycles. The highest BCUT2D eigenvalue weighted by molar-refractivity contribution is 5.79. The van der Waals surface area contributed by atoms with Gasteiger partial charge in [-0.25, -0.2) is 0 Å². The number of hydrogen-bond donors (Lipinski definition) is 2. The summed E-state index contributed by atoms with van der Waals surface area (Å²) in [6, 6.07) is 9.76. The molecule has 0 aliphatic heterocycles. The zero-order valence-corrected chi connectivity index (χ0v) is 11.5. The third kappa shape index (κ3) is 4.07. The molecular weight excluding hydrogens is 252 g/mol. The summed E-state index contributed by atoms with van der Waals surface area (Å²) in [5.41, 5.74) is 1.82. The maximum atomic E-state index is 12.1. The Hall–Kier alpha value is -1.86. The zero-order chi connectivity index (χ0) is 14.4. The van der Waals surface area contributed by atoms with E-state index in [0.717, 1.165) is 24.0 Å². The second-order valence-electron chi connectivity index (χ2n) is 5.30. The first kappa shape index (κ1) is 14.5. The number of carbonyl (C=O) groups excluding carboxylic acids is 1. The van der Waals surface area contributed by atoms with Crippen LogP contribution in [0.4, 0.5) is 0 Å². The van der Waals surface area contributed by atoms with Crippen molar-refractivity contribution in [3.8, 4) is 6.07 Å². The molecule has 2 N–H and O–H groups in total. The highest BCUT2D eigenvalue weighted by Crippen LogP contribution is 2.33. The van der Waals surface area contributed by atoms with Gasteiger partial charge in [-0.2, -0.15) is 5.26 Å². The number of benzene rings is 1. The fraction of sp³-hybridized carbons (Fsp3) is 0.500. The number of hydrogen-bond acceptors (Lipinski definition) is 3. The van der Waals surface area contributed by atoms with Gasteiger partial charge in [-0.3, -0.25) is 4.79 Å². The Bertz CT molecular complexity index is 503. The van der Waals surface area contributed by atoms with Gasteiger partial charge >= 0.3 is 0 Å². The van der Waals surface area contributed by atoms with Crippen molar-refractivity contribution in [2.45, 2.75) is 38.1 Å². The van der Waals surface area contributed by atoms with Gasteiger partial charge in [-0.1, -0.05) is 24.3 Å². The molecule has 1 fully saturated rings. The molecule has 1 atom stereocenters. The summed E-state index contributed by atoms with van der Waals surface area (Å²) in [5, 5.41) is 20.9.